The van der Waals surface area contributed by atoms with E-state index in [-0.39, 0.29) is 13.2 Å². The van der Waals surface area contributed by atoms with Crippen LogP contribution in [0.4, 0.5) is 4.79 Å². The highest BCUT2D eigenvalue weighted by Gasteiger charge is 2.62. The number of rotatable bonds is 40. The van der Waals surface area contributed by atoms with Gasteiger partial charge in [0.25, 0.3) is 0 Å². The van der Waals surface area contributed by atoms with Crippen molar-refractivity contribution in [3.05, 3.63) is 0 Å². The van der Waals surface area contributed by atoms with Gasteiger partial charge in [-0.05, 0) is 26.8 Å². The number of ether oxygens (including phenoxy) is 11. The van der Waals surface area contributed by atoms with Gasteiger partial charge in [-0.1, -0.05) is 90.4 Å². The number of amides is 5. The smallest absolute Gasteiger partial charge is 0.474 e. The summed E-state index contributed by atoms with van der Waals surface area (Å²) in [6.45, 7) is 3.52. The second-order valence-corrected chi connectivity index (χ2v) is 26.0. The van der Waals surface area contributed by atoms with Crippen LogP contribution in [-0.2, 0) is 89.7 Å². The number of hydrogen-bond acceptors (Lipinski definition) is 31. The first kappa shape index (κ1) is 82.6. The van der Waals surface area contributed by atoms with Gasteiger partial charge in [0.1, 0.15) is 90.9 Å². The standard InChI is InChI=1S/C57H101N6O32P/c1-6-7-8-9-10-11-12-13-14-15-16-17-18-19-20-61-21-22-83-31(50(77)78)25-85-96(81,82)95-55-45(46(94-56(60)79)57(5,80)47(93-55)49(59)76)92-52-33(63-28(4)66)36(69)43(30(88-52)24-84-53-40(73)37(70)34(67)29(23-64)87-53)90-51-32(62-27(3)65)35(68)42(26(2)86-51)89-54-41(74)38(71)39(72)44(91-54)48(58)75/h26,29-47,51-55,61,64,67-74,80H,6-25H2,1-5H3,(H2,58,75)(H2,59,76)(H2,60,79)(H,62,65)(H,63,66)(H,77,78)(H,81,82)/t26-,29-,30-,31-,32-,33-,34-,35-,36-,37+,38+,39-,40-,41-,42-,43-,44+,45-,46-,47-,51+,52+,53-,54-,55-,57+/m1/s1. The lowest BCUT2D eigenvalue weighted by Gasteiger charge is -2.52. The zero-order valence-corrected chi connectivity index (χ0v) is 55.2. The lowest BCUT2D eigenvalue weighted by atomic mass is 9.85. The van der Waals surface area contributed by atoms with E-state index in [0.29, 0.717) is 6.54 Å². The molecule has 5 aliphatic rings. The Bertz CT molecular complexity index is 2480. The zero-order valence-electron chi connectivity index (χ0n) is 54.3. The first-order chi connectivity index (χ1) is 45.3. The van der Waals surface area contributed by atoms with Gasteiger partial charge in [0.05, 0.1) is 32.5 Å². The monoisotopic (exact) mass is 1410 g/mol. The second kappa shape index (κ2) is 39.2. The van der Waals surface area contributed by atoms with Crippen molar-refractivity contribution >= 4 is 43.5 Å². The number of aliphatic hydroxyl groups excluding tert-OH is 9. The minimum absolute atomic E-state index is 0.168. The van der Waals surface area contributed by atoms with E-state index < -0.39 is 222 Å². The Hall–Kier alpha value is -4.11. The predicted molar refractivity (Wildman–Crippen MR) is 321 cm³/mol. The molecule has 39 heteroatoms. The normalized spacial score (nSPS) is 37.4. The van der Waals surface area contributed by atoms with E-state index in [1.54, 1.807) is 0 Å². The summed E-state index contributed by atoms with van der Waals surface area (Å²) in [6.07, 6.45) is -32.7. The molecule has 0 aliphatic carbocycles. The molecular weight excluding hydrogens is 1310 g/mol. The molecule has 0 aromatic carbocycles. The highest BCUT2D eigenvalue weighted by molar-refractivity contribution is 7.47. The lowest BCUT2D eigenvalue weighted by Crippen LogP contribution is -2.72. The minimum atomic E-state index is -5.78. The lowest BCUT2D eigenvalue weighted by molar-refractivity contribution is -0.375. The molecule has 5 fully saturated rings. The van der Waals surface area contributed by atoms with Gasteiger partial charge in [-0.2, -0.15) is 0 Å². The molecule has 5 aliphatic heterocycles. The average molecular weight is 1410 g/mol. The number of hydrogen-bond donors (Lipinski definition) is 18. The van der Waals surface area contributed by atoms with Crippen LogP contribution in [0.3, 0.4) is 0 Å². The number of carbonyl (C=O) groups is 6. The van der Waals surface area contributed by atoms with Crippen LogP contribution in [0.15, 0.2) is 0 Å². The van der Waals surface area contributed by atoms with Gasteiger partial charge in [-0.3, -0.25) is 28.2 Å². The maximum absolute atomic E-state index is 13.9. The Kier molecular flexibility index (Phi) is 33.7. The molecule has 0 aromatic rings. The average Bonchev–Trinajstić information content (AvgIpc) is 0.755. The summed E-state index contributed by atoms with van der Waals surface area (Å²) in [5, 5.41) is 128. The van der Waals surface area contributed by atoms with Gasteiger partial charge in [-0.25, -0.2) is 14.2 Å². The van der Waals surface area contributed by atoms with Crippen LogP contribution >= 0.6 is 7.82 Å². The molecule has 0 saturated carbocycles. The highest BCUT2D eigenvalue weighted by Crippen LogP contribution is 2.49. The van der Waals surface area contributed by atoms with Crippen LogP contribution in [0, 0.1) is 0 Å². The molecule has 21 N–H and O–H groups in total. The summed E-state index contributed by atoms with van der Waals surface area (Å²) in [5.74, 6) is -6.34. The van der Waals surface area contributed by atoms with E-state index in [1.165, 1.54) is 64.7 Å². The van der Waals surface area contributed by atoms with Crippen molar-refractivity contribution in [3.63, 3.8) is 0 Å². The number of unbranched alkanes of at least 4 members (excludes halogenated alkanes) is 13. The fourth-order valence-electron chi connectivity index (χ4n) is 11.7. The Morgan fingerprint density at radius 2 is 1.10 bits per heavy atom. The number of nitrogens with two attached hydrogens (primary N) is 3. The van der Waals surface area contributed by atoms with Crippen molar-refractivity contribution in [1.82, 2.24) is 16.0 Å². The van der Waals surface area contributed by atoms with E-state index in [1.807, 2.05) is 0 Å². The highest BCUT2D eigenvalue weighted by atomic mass is 31.2. The third-order valence-electron chi connectivity index (χ3n) is 16.9. The molecule has 96 heavy (non-hydrogen) atoms. The van der Waals surface area contributed by atoms with Crippen LogP contribution in [0.1, 0.15) is 125 Å². The van der Waals surface area contributed by atoms with Crippen LogP contribution in [0.2, 0.25) is 0 Å². The van der Waals surface area contributed by atoms with Crippen molar-refractivity contribution < 1.29 is 156 Å². The number of aliphatic hydroxyl groups is 10. The molecule has 5 amide bonds. The van der Waals surface area contributed by atoms with E-state index in [9.17, 15) is 94.4 Å². The van der Waals surface area contributed by atoms with Gasteiger partial charge < -0.3 is 146 Å². The van der Waals surface area contributed by atoms with Gasteiger partial charge in [0, 0.05) is 20.4 Å². The predicted octanol–water partition coefficient (Wildman–Crippen LogP) is -5.45. The number of aliphatic carboxylic acids is 1. The largest absolute Gasteiger partial charge is 0.479 e. The summed E-state index contributed by atoms with van der Waals surface area (Å²) in [7, 11) is -5.78. The molecule has 38 nitrogen and oxygen atoms in total. The summed E-state index contributed by atoms with van der Waals surface area (Å²) in [5.41, 5.74) is 13.5. The maximum Gasteiger partial charge on any atom is 0.474 e. The Labute approximate surface area is 553 Å². The van der Waals surface area contributed by atoms with Crippen molar-refractivity contribution in [1.29, 1.82) is 0 Å². The SMILES string of the molecule is CCCCCCCCCCCCCCCCNCCO[C@H](COP(=O)(O)O[C@H]1O[C@H](C(N)=O)[C@@](C)(O)[C@H](OC(N)=O)[C@H]1O[C@@H]1O[C@H](CO[C@@H]2O[C@H](CO)[C@@H](O)[C@H](O)[C@H]2O)[C@@H](O[C@@H]2O[C@H](C)[C@@H](O[C@@H]3O[C@H](C(N)=O)[C@H](O)[C@H](O)[C@H]3O)[C@H](O)[C@H]2NC(C)=O)[C@H](O)[C@H]1NC(C)=O)C(=O)O. The van der Waals surface area contributed by atoms with Crippen molar-refractivity contribution in [2.24, 2.45) is 17.2 Å². The molecule has 27 atom stereocenters. The summed E-state index contributed by atoms with van der Waals surface area (Å²) < 4.78 is 87.9. The van der Waals surface area contributed by atoms with Crippen molar-refractivity contribution in [3.8, 4) is 0 Å². The molecule has 0 bridgehead atoms. The number of nitrogens with one attached hydrogen (secondary N) is 3. The number of carbonyl (C=O) groups excluding carboxylic acids is 5. The summed E-state index contributed by atoms with van der Waals surface area (Å²) in [4.78, 5) is 87.3. The Morgan fingerprint density at radius 1 is 0.594 bits per heavy atom. The van der Waals surface area contributed by atoms with E-state index >= 15 is 0 Å². The second-order valence-electron chi connectivity index (χ2n) is 24.6. The number of carboxylic acid groups (broad SMARTS) is 1. The van der Waals surface area contributed by atoms with E-state index in [2.05, 4.69) is 22.9 Å². The number of phosphoric acid groups is 1. The Morgan fingerprint density at radius 3 is 1.64 bits per heavy atom. The maximum atomic E-state index is 13.9. The van der Waals surface area contributed by atoms with Crippen LogP contribution < -0.4 is 33.2 Å². The summed E-state index contributed by atoms with van der Waals surface area (Å²) >= 11 is 0. The number of primary amides is 3. The number of carboxylic acids is 1. The molecule has 0 aromatic heterocycles. The quantitative estimate of drug-likeness (QED) is 0.0201. The first-order valence-electron chi connectivity index (χ1n) is 32.2. The molecule has 1 unspecified atom stereocenters. The van der Waals surface area contributed by atoms with Gasteiger partial charge in [0.15, 0.2) is 62.0 Å². The van der Waals surface area contributed by atoms with Crippen LogP contribution in [-0.4, -0.2) is 295 Å². The summed E-state index contributed by atoms with van der Waals surface area (Å²) in [6, 6.07) is -3.88. The van der Waals surface area contributed by atoms with Crippen LogP contribution in [0.5, 0.6) is 0 Å². The first-order valence-corrected chi connectivity index (χ1v) is 33.7. The van der Waals surface area contributed by atoms with E-state index in [4.69, 9.17) is 78.4 Å². The Balaban J connectivity index is 1.38. The molecule has 5 rings (SSSR count). The fourth-order valence-corrected chi connectivity index (χ4v) is 12.5. The van der Waals surface area contributed by atoms with Crippen LogP contribution in [0.25, 0.3) is 0 Å². The third kappa shape index (κ3) is 23.5. The fraction of sp³-hybridized carbons (Fsp3) is 0.895. The zero-order chi connectivity index (χ0) is 71.4. The third-order valence-corrected chi connectivity index (χ3v) is 17.8. The van der Waals surface area contributed by atoms with Crippen molar-refractivity contribution in [2.45, 2.75) is 284 Å². The van der Waals surface area contributed by atoms with E-state index in [0.717, 1.165) is 52.9 Å². The minimum Gasteiger partial charge on any atom is -0.479 e. The number of phosphoric ester groups is 1. The molecule has 0 radical (unpaired) electrons. The molecular formula is C57H101N6O32P. The molecule has 5 saturated heterocycles. The topological polar surface area (TPSA) is 596 Å². The van der Waals surface area contributed by atoms with Gasteiger partial charge >= 0.3 is 19.9 Å². The molecule has 5 heterocycles. The molecule has 556 valence electrons. The van der Waals surface area contributed by atoms with Crippen molar-refractivity contribution in [2.75, 3.05) is 39.5 Å². The van der Waals surface area contributed by atoms with Gasteiger partial charge in [-0.15, -0.1) is 0 Å². The van der Waals surface area contributed by atoms with Gasteiger partial charge in [0.2, 0.25) is 23.6 Å². The molecule has 0 spiro atoms.